The number of likely N-dealkylation sites (N-methyl/N-ethyl adjacent to an activating group) is 1. The zero-order valence-electron chi connectivity index (χ0n) is 10.2. The van der Waals surface area contributed by atoms with E-state index in [4.69, 9.17) is 4.42 Å². The first kappa shape index (κ1) is 11.7. The maximum atomic E-state index is 5.75. The minimum absolute atomic E-state index is 0.252. The Morgan fingerprint density at radius 1 is 1.39 bits per heavy atom. The fourth-order valence-corrected chi connectivity index (χ4v) is 3.33. The van der Waals surface area contributed by atoms with E-state index in [1.54, 1.807) is 0 Å². The molecule has 1 atom stereocenters. The predicted octanol–water partition coefficient (Wildman–Crippen LogP) is 2.07. The average molecular weight is 261 g/mol. The van der Waals surface area contributed by atoms with Gasteiger partial charge in [0, 0.05) is 23.6 Å². The van der Waals surface area contributed by atoms with Crippen molar-refractivity contribution in [1.82, 2.24) is 15.5 Å². The topological polar surface area (TPSA) is 51.0 Å². The normalized spacial score (nSPS) is 17.9. The summed E-state index contributed by atoms with van der Waals surface area (Å²) < 4.78 is 5.75. The van der Waals surface area contributed by atoms with Crippen molar-refractivity contribution < 1.29 is 4.42 Å². The Kier molecular flexibility index (Phi) is 3.34. The van der Waals surface area contributed by atoms with Gasteiger partial charge in [0.15, 0.2) is 0 Å². The molecule has 4 nitrogen and oxygen atoms in total. The minimum atomic E-state index is 0.252. The van der Waals surface area contributed by atoms with Gasteiger partial charge in [0.2, 0.25) is 11.8 Å². The van der Waals surface area contributed by atoms with E-state index in [-0.39, 0.29) is 5.92 Å². The van der Waals surface area contributed by atoms with Gasteiger partial charge in [-0.25, -0.2) is 0 Å². The van der Waals surface area contributed by atoms with Crippen LogP contribution in [0, 0.1) is 0 Å². The van der Waals surface area contributed by atoms with Gasteiger partial charge in [0.1, 0.15) is 0 Å². The molecule has 0 radical (unpaired) electrons. The summed E-state index contributed by atoms with van der Waals surface area (Å²) in [5.41, 5.74) is 1.31. The summed E-state index contributed by atoms with van der Waals surface area (Å²) in [5, 5.41) is 11.4. The van der Waals surface area contributed by atoms with Crippen LogP contribution in [0.15, 0.2) is 33.6 Å². The molecule has 2 aromatic rings. The first-order chi connectivity index (χ1) is 8.88. The standard InChI is InChI=1S/C13H15N3OS/c1-14-7-6-12-15-16-13(17-12)10-8-18-11-5-3-2-4-9(10)11/h2-5,10,14H,6-8H2,1H3. The fraction of sp³-hybridized carbons (Fsp3) is 0.385. The number of aromatic nitrogens is 2. The van der Waals surface area contributed by atoms with E-state index in [9.17, 15) is 0 Å². The maximum absolute atomic E-state index is 5.75. The van der Waals surface area contributed by atoms with E-state index in [2.05, 4.69) is 39.8 Å². The van der Waals surface area contributed by atoms with E-state index in [1.807, 2.05) is 18.8 Å². The zero-order chi connectivity index (χ0) is 12.4. The lowest BCUT2D eigenvalue weighted by molar-refractivity contribution is 0.438. The molecule has 0 saturated carbocycles. The van der Waals surface area contributed by atoms with Crippen LogP contribution in [0.5, 0.6) is 0 Å². The second kappa shape index (κ2) is 5.12. The Morgan fingerprint density at radius 2 is 2.28 bits per heavy atom. The third kappa shape index (κ3) is 2.15. The van der Waals surface area contributed by atoms with Crippen molar-refractivity contribution in [1.29, 1.82) is 0 Å². The van der Waals surface area contributed by atoms with Crippen molar-refractivity contribution >= 4 is 11.8 Å². The highest BCUT2D eigenvalue weighted by Crippen LogP contribution is 2.42. The van der Waals surface area contributed by atoms with Gasteiger partial charge in [-0.2, -0.15) is 0 Å². The molecular formula is C13H15N3OS. The largest absolute Gasteiger partial charge is 0.425 e. The Morgan fingerprint density at radius 3 is 3.17 bits per heavy atom. The molecule has 0 amide bonds. The molecule has 1 aromatic heterocycles. The van der Waals surface area contributed by atoms with Gasteiger partial charge < -0.3 is 9.73 Å². The number of hydrogen-bond donors (Lipinski definition) is 1. The van der Waals surface area contributed by atoms with Gasteiger partial charge in [-0.3, -0.25) is 0 Å². The summed E-state index contributed by atoms with van der Waals surface area (Å²) in [6.07, 6.45) is 0.783. The monoisotopic (exact) mass is 261 g/mol. The molecule has 0 fully saturated rings. The first-order valence-corrected chi connectivity index (χ1v) is 7.05. The molecule has 1 aliphatic heterocycles. The summed E-state index contributed by atoms with van der Waals surface area (Å²) in [6.45, 7) is 0.859. The molecule has 0 spiro atoms. The van der Waals surface area contributed by atoms with Gasteiger partial charge in [-0.05, 0) is 18.7 Å². The molecule has 18 heavy (non-hydrogen) atoms. The second-order valence-corrected chi connectivity index (χ2v) is 5.35. The molecule has 1 N–H and O–H groups in total. The second-order valence-electron chi connectivity index (χ2n) is 4.29. The summed E-state index contributed by atoms with van der Waals surface area (Å²) in [7, 11) is 1.92. The van der Waals surface area contributed by atoms with Crippen LogP contribution in [0.2, 0.25) is 0 Å². The van der Waals surface area contributed by atoms with Gasteiger partial charge in [0.05, 0.1) is 5.92 Å². The first-order valence-electron chi connectivity index (χ1n) is 6.07. The molecule has 5 heteroatoms. The molecule has 0 bridgehead atoms. The lowest BCUT2D eigenvalue weighted by atomic mass is 10.0. The van der Waals surface area contributed by atoms with Crippen LogP contribution in [-0.4, -0.2) is 29.5 Å². The lowest BCUT2D eigenvalue weighted by Gasteiger charge is -2.04. The Labute approximate surface area is 110 Å². The Hall–Kier alpha value is -1.33. The maximum Gasteiger partial charge on any atom is 0.224 e. The molecule has 94 valence electrons. The zero-order valence-corrected chi connectivity index (χ0v) is 11.0. The van der Waals surface area contributed by atoms with E-state index in [0.29, 0.717) is 5.89 Å². The van der Waals surface area contributed by atoms with E-state index >= 15 is 0 Å². The molecule has 0 saturated heterocycles. The SMILES string of the molecule is CNCCc1nnc(C2CSc3ccccc32)o1. The van der Waals surface area contributed by atoms with Gasteiger partial charge in [-0.15, -0.1) is 22.0 Å². The van der Waals surface area contributed by atoms with Gasteiger partial charge >= 0.3 is 0 Å². The summed E-state index contributed by atoms with van der Waals surface area (Å²) in [5.74, 6) is 2.71. The number of nitrogens with zero attached hydrogens (tertiary/aromatic N) is 2. The van der Waals surface area contributed by atoms with Crippen molar-refractivity contribution in [2.45, 2.75) is 17.2 Å². The quantitative estimate of drug-likeness (QED) is 0.913. The van der Waals surface area contributed by atoms with Crippen LogP contribution < -0.4 is 5.32 Å². The molecule has 0 aliphatic carbocycles. The van der Waals surface area contributed by atoms with Crippen molar-refractivity contribution in [3.8, 4) is 0 Å². The van der Waals surface area contributed by atoms with E-state index in [1.165, 1.54) is 10.5 Å². The highest BCUT2D eigenvalue weighted by molar-refractivity contribution is 7.99. The van der Waals surface area contributed by atoms with Crippen LogP contribution in [0.1, 0.15) is 23.3 Å². The Balaban J connectivity index is 1.82. The third-order valence-electron chi connectivity index (χ3n) is 3.07. The highest BCUT2D eigenvalue weighted by Gasteiger charge is 2.28. The third-order valence-corrected chi connectivity index (χ3v) is 4.25. The van der Waals surface area contributed by atoms with Crippen molar-refractivity contribution in [3.05, 3.63) is 41.6 Å². The number of fused-ring (bicyclic) bond motifs is 1. The average Bonchev–Trinajstić information content (AvgIpc) is 3.02. The van der Waals surface area contributed by atoms with Crippen LogP contribution in [0.4, 0.5) is 0 Å². The minimum Gasteiger partial charge on any atom is -0.425 e. The molecule has 2 heterocycles. The van der Waals surface area contributed by atoms with Crippen molar-refractivity contribution in [2.24, 2.45) is 0 Å². The number of rotatable bonds is 4. The summed E-state index contributed by atoms with van der Waals surface area (Å²) >= 11 is 1.86. The lowest BCUT2D eigenvalue weighted by Crippen LogP contribution is -2.10. The fourth-order valence-electron chi connectivity index (χ4n) is 2.11. The van der Waals surface area contributed by atoms with Crippen LogP contribution in [-0.2, 0) is 6.42 Å². The van der Waals surface area contributed by atoms with Crippen molar-refractivity contribution in [2.75, 3.05) is 19.3 Å². The number of nitrogens with one attached hydrogen (secondary N) is 1. The van der Waals surface area contributed by atoms with Crippen LogP contribution in [0.25, 0.3) is 0 Å². The number of benzene rings is 1. The van der Waals surface area contributed by atoms with E-state index in [0.717, 1.165) is 24.6 Å². The number of hydrogen-bond acceptors (Lipinski definition) is 5. The van der Waals surface area contributed by atoms with Crippen LogP contribution in [0.3, 0.4) is 0 Å². The molecule has 3 rings (SSSR count). The van der Waals surface area contributed by atoms with Crippen molar-refractivity contribution in [3.63, 3.8) is 0 Å². The highest BCUT2D eigenvalue weighted by atomic mass is 32.2. The predicted molar refractivity (Wildman–Crippen MR) is 70.9 cm³/mol. The molecule has 1 aromatic carbocycles. The summed E-state index contributed by atoms with van der Waals surface area (Å²) in [6, 6.07) is 8.44. The smallest absolute Gasteiger partial charge is 0.224 e. The number of thioether (sulfide) groups is 1. The molecular weight excluding hydrogens is 246 g/mol. The molecule has 1 aliphatic rings. The van der Waals surface area contributed by atoms with Gasteiger partial charge in [0.25, 0.3) is 0 Å². The van der Waals surface area contributed by atoms with E-state index < -0.39 is 0 Å². The summed E-state index contributed by atoms with van der Waals surface area (Å²) in [4.78, 5) is 1.33. The van der Waals surface area contributed by atoms with Gasteiger partial charge in [-0.1, -0.05) is 18.2 Å². The Bertz CT molecular complexity index is 541. The van der Waals surface area contributed by atoms with Crippen LogP contribution >= 0.6 is 11.8 Å². The molecule has 1 unspecified atom stereocenters.